The molecule has 232 valence electrons. The molecule has 0 radical (unpaired) electrons. The predicted molar refractivity (Wildman–Crippen MR) is 164 cm³/mol. The van der Waals surface area contributed by atoms with Gasteiger partial charge in [0.2, 0.25) is 11.8 Å². The number of aryl methyl sites for hydroxylation is 1. The standard InChI is InChI=1S/C32H40FN3O6S/c1-7-23(4)34-32(38)28(8-2)35(20-24-12-10-9-11-22(24)3)31(37)21-36(26-15-13-25(33)14-16-26)43(39,40)27-17-18-29(41-5)30(19-27)42-6/h9-19,23,28H,7-8,20-21H2,1-6H3,(H,34,38)/t23-,28-/m1/s1. The largest absolute Gasteiger partial charge is 0.493 e. The van der Waals surface area contributed by atoms with E-state index in [0.29, 0.717) is 18.6 Å². The van der Waals surface area contributed by atoms with Crippen LogP contribution in [0.15, 0.2) is 71.6 Å². The highest BCUT2D eigenvalue weighted by Crippen LogP contribution is 2.32. The number of hydrogen-bond donors (Lipinski definition) is 1. The smallest absolute Gasteiger partial charge is 0.264 e. The highest BCUT2D eigenvalue weighted by molar-refractivity contribution is 7.92. The van der Waals surface area contributed by atoms with Crippen molar-refractivity contribution >= 4 is 27.5 Å². The number of methoxy groups -OCH3 is 2. The molecule has 2 amide bonds. The molecular weight excluding hydrogens is 573 g/mol. The first-order chi connectivity index (χ1) is 20.5. The van der Waals surface area contributed by atoms with Gasteiger partial charge in [-0.3, -0.25) is 13.9 Å². The van der Waals surface area contributed by atoms with E-state index < -0.39 is 34.3 Å². The lowest BCUT2D eigenvalue weighted by molar-refractivity contribution is -0.140. The summed E-state index contributed by atoms with van der Waals surface area (Å²) in [6.07, 6.45) is 1.01. The lowest BCUT2D eigenvalue weighted by Gasteiger charge is -2.34. The molecule has 11 heteroatoms. The second kappa shape index (κ2) is 14.9. The van der Waals surface area contributed by atoms with Gasteiger partial charge in [-0.2, -0.15) is 0 Å². The van der Waals surface area contributed by atoms with Crippen molar-refractivity contribution in [1.82, 2.24) is 10.2 Å². The maximum atomic E-state index is 14.2. The number of nitrogens with zero attached hydrogens (tertiary/aromatic N) is 2. The molecule has 0 unspecified atom stereocenters. The monoisotopic (exact) mass is 613 g/mol. The van der Waals surface area contributed by atoms with Crippen LogP contribution >= 0.6 is 0 Å². The Hall–Kier alpha value is -4.12. The highest BCUT2D eigenvalue weighted by atomic mass is 32.2. The SMILES string of the molecule is CC[C@@H](C)NC(=O)[C@@H](CC)N(Cc1ccccc1C)C(=O)CN(c1ccc(F)cc1)S(=O)(=O)c1ccc(OC)c(OC)c1. The molecule has 0 fully saturated rings. The number of halogens is 1. The minimum absolute atomic E-state index is 0.0810. The third-order valence-corrected chi connectivity index (χ3v) is 9.10. The van der Waals surface area contributed by atoms with Gasteiger partial charge >= 0.3 is 0 Å². The molecule has 0 aromatic heterocycles. The molecule has 0 heterocycles. The summed E-state index contributed by atoms with van der Waals surface area (Å²) >= 11 is 0. The van der Waals surface area contributed by atoms with Crippen LogP contribution in [0, 0.1) is 12.7 Å². The molecule has 0 bridgehead atoms. The van der Waals surface area contributed by atoms with Gasteiger partial charge in [0.1, 0.15) is 18.4 Å². The van der Waals surface area contributed by atoms with Gasteiger partial charge in [0.25, 0.3) is 10.0 Å². The summed E-state index contributed by atoms with van der Waals surface area (Å²) in [5, 5.41) is 2.96. The number of nitrogens with one attached hydrogen (secondary N) is 1. The van der Waals surface area contributed by atoms with E-state index >= 15 is 0 Å². The van der Waals surface area contributed by atoms with Crippen LogP contribution in [0.2, 0.25) is 0 Å². The van der Waals surface area contributed by atoms with Gasteiger partial charge in [0, 0.05) is 18.7 Å². The summed E-state index contributed by atoms with van der Waals surface area (Å²) in [4.78, 5) is 28.9. The van der Waals surface area contributed by atoms with Gasteiger partial charge in [-0.1, -0.05) is 38.1 Å². The Kier molecular flexibility index (Phi) is 11.5. The fourth-order valence-corrected chi connectivity index (χ4v) is 6.00. The van der Waals surface area contributed by atoms with Crippen molar-refractivity contribution in [3.8, 4) is 11.5 Å². The first-order valence-corrected chi connectivity index (χ1v) is 15.5. The van der Waals surface area contributed by atoms with Crippen LogP contribution in [0.1, 0.15) is 44.7 Å². The Morgan fingerprint density at radius 2 is 1.58 bits per heavy atom. The van der Waals surface area contributed by atoms with Crippen LogP contribution in [0.5, 0.6) is 11.5 Å². The fraction of sp³-hybridized carbons (Fsp3) is 0.375. The van der Waals surface area contributed by atoms with E-state index in [1.54, 1.807) is 6.92 Å². The highest BCUT2D eigenvalue weighted by Gasteiger charge is 2.34. The molecule has 2 atom stereocenters. The van der Waals surface area contributed by atoms with Crippen LogP contribution in [-0.2, 0) is 26.2 Å². The molecule has 3 aromatic rings. The number of sulfonamides is 1. The second-order valence-corrected chi connectivity index (χ2v) is 12.1. The lowest BCUT2D eigenvalue weighted by Crippen LogP contribution is -2.53. The molecule has 3 aromatic carbocycles. The van der Waals surface area contributed by atoms with Gasteiger partial charge < -0.3 is 19.7 Å². The molecule has 0 aliphatic heterocycles. The minimum atomic E-state index is -4.38. The zero-order valence-corrected chi connectivity index (χ0v) is 26.3. The zero-order chi connectivity index (χ0) is 31.7. The maximum absolute atomic E-state index is 14.2. The Morgan fingerprint density at radius 3 is 2.16 bits per heavy atom. The van der Waals surface area contributed by atoms with Crippen molar-refractivity contribution in [2.45, 2.75) is 64.1 Å². The van der Waals surface area contributed by atoms with Crippen molar-refractivity contribution in [2.75, 3.05) is 25.1 Å². The lowest BCUT2D eigenvalue weighted by atomic mass is 10.1. The normalized spacial score (nSPS) is 12.6. The first-order valence-electron chi connectivity index (χ1n) is 14.1. The predicted octanol–water partition coefficient (Wildman–Crippen LogP) is 5.07. The number of amides is 2. The second-order valence-electron chi connectivity index (χ2n) is 10.2. The van der Waals surface area contributed by atoms with Crippen molar-refractivity contribution in [2.24, 2.45) is 0 Å². The molecule has 1 N–H and O–H groups in total. The molecule has 0 aliphatic rings. The van der Waals surface area contributed by atoms with Gasteiger partial charge in [0.15, 0.2) is 11.5 Å². The Morgan fingerprint density at radius 1 is 0.930 bits per heavy atom. The van der Waals surface area contributed by atoms with E-state index in [2.05, 4.69) is 5.32 Å². The number of anilines is 1. The molecular formula is C32H40FN3O6S. The van der Waals surface area contributed by atoms with E-state index in [1.807, 2.05) is 45.0 Å². The summed E-state index contributed by atoms with van der Waals surface area (Å²) in [7, 11) is -1.57. The van der Waals surface area contributed by atoms with Gasteiger partial charge in [-0.25, -0.2) is 12.8 Å². The molecule has 9 nitrogen and oxygen atoms in total. The van der Waals surface area contributed by atoms with E-state index in [-0.39, 0.29) is 34.8 Å². The summed E-state index contributed by atoms with van der Waals surface area (Å²) in [6.45, 7) is 6.99. The van der Waals surface area contributed by atoms with Crippen molar-refractivity contribution in [3.05, 3.63) is 83.7 Å². The quantitative estimate of drug-likeness (QED) is 0.272. The van der Waals surface area contributed by atoms with Crippen molar-refractivity contribution < 1.29 is 31.9 Å². The zero-order valence-electron chi connectivity index (χ0n) is 25.5. The minimum Gasteiger partial charge on any atom is -0.493 e. The molecule has 0 saturated heterocycles. The summed E-state index contributed by atoms with van der Waals surface area (Å²) in [5.74, 6) is -0.971. The molecule has 0 spiro atoms. The van der Waals surface area contributed by atoms with Crippen molar-refractivity contribution in [1.29, 1.82) is 0 Å². The Labute approximate surface area is 253 Å². The number of benzene rings is 3. The fourth-order valence-electron chi connectivity index (χ4n) is 4.57. The third kappa shape index (κ3) is 8.04. The number of rotatable bonds is 14. The van der Waals surface area contributed by atoms with Gasteiger partial charge in [0.05, 0.1) is 24.8 Å². The number of ether oxygens (including phenoxy) is 2. The average Bonchev–Trinajstić information content (AvgIpc) is 3.00. The van der Waals surface area contributed by atoms with Crippen LogP contribution in [-0.4, -0.2) is 58.0 Å². The molecule has 0 saturated carbocycles. The number of hydrogen-bond acceptors (Lipinski definition) is 6. The Balaban J connectivity index is 2.10. The van der Waals surface area contributed by atoms with Gasteiger partial charge in [-0.05, 0) is 74.2 Å². The Bertz CT molecular complexity index is 1510. The summed E-state index contributed by atoms with van der Waals surface area (Å²) < 4.78 is 53.5. The number of carbonyl (C=O) groups excluding carboxylic acids is 2. The third-order valence-electron chi connectivity index (χ3n) is 7.33. The van der Waals surface area contributed by atoms with Crippen molar-refractivity contribution in [3.63, 3.8) is 0 Å². The number of carbonyl (C=O) groups is 2. The maximum Gasteiger partial charge on any atom is 0.264 e. The van der Waals surface area contributed by atoms with Gasteiger partial charge in [-0.15, -0.1) is 0 Å². The van der Waals surface area contributed by atoms with Crippen LogP contribution in [0.3, 0.4) is 0 Å². The van der Waals surface area contributed by atoms with E-state index in [1.165, 1.54) is 49.5 Å². The van der Waals surface area contributed by atoms with E-state index in [4.69, 9.17) is 9.47 Å². The molecule has 3 rings (SSSR count). The van der Waals surface area contributed by atoms with Crippen LogP contribution < -0.4 is 19.1 Å². The van der Waals surface area contributed by atoms with E-state index in [9.17, 15) is 22.4 Å². The topological polar surface area (TPSA) is 105 Å². The summed E-state index contributed by atoms with van der Waals surface area (Å²) in [6, 6.07) is 15.4. The molecule has 0 aliphatic carbocycles. The average molecular weight is 614 g/mol. The molecule has 43 heavy (non-hydrogen) atoms. The first kappa shape index (κ1) is 33.4. The van der Waals surface area contributed by atoms with Crippen LogP contribution in [0.4, 0.5) is 10.1 Å². The summed E-state index contributed by atoms with van der Waals surface area (Å²) in [5.41, 5.74) is 1.82. The van der Waals surface area contributed by atoms with E-state index in [0.717, 1.165) is 27.6 Å². The van der Waals surface area contributed by atoms with Crippen LogP contribution in [0.25, 0.3) is 0 Å².